The molecule has 0 N–H and O–H groups in total. The molecule has 27 heavy (non-hydrogen) atoms. The number of piperidine rings is 1. The Balaban J connectivity index is 1.37. The normalized spacial score (nSPS) is 18.4. The zero-order chi connectivity index (χ0) is 18.8. The number of hydrogen-bond donors (Lipinski definition) is 0. The smallest absolute Gasteiger partial charge is 0.219 e. The number of fused-ring (bicyclic) bond motifs is 1. The van der Waals surface area contributed by atoms with Crippen LogP contribution in [0.1, 0.15) is 48.3 Å². The highest BCUT2D eigenvalue weighted by atomic mass is 35.5. The number of aromatic nitrogens is 2. The number of likely N-dealkylation sites (tertiary alicyclic amines) is 1. The van der Waals surface area contributed by atoms with Crippen molar-refractivity contribution >= 4 is 17.5 Å². The van der Waals surface area contributed by atoms with Crippen molar-refractivity contribution in [2.75, 3.05) is 19.6 Å². The summed E-state index contributed by atoms with van der Waals surface area (Å²) in [6.07, 6.45) is 4.93. The minimum Gasteiger partial charge on any atom is -0.338 e. The SMILES string of the molecule is CC(=O)N1CCc2nc(C3CCN(Cc4cccc(Cl)c4)CC3)ncc2C1. The number of amides is 1. The van der Waals surface area contributed by atoms with E-state index in [1.165, 1.54) is 5.56 Å². The molecule has 6 heteroatoms. The molecule has 2 aliphatic heterocycles. The number of carbonyl (C=O) groups excluding carboxylic acids is 1. The molecule has 0 atom stereocenters. The van der Waals surface area contributed by atoms with Gasteiger partial charge >= 0.3 is 0 Å². The molecule has 142 valence electrons. The van der Waals surface area contributed by atoms with E-state index in [1.54, 1.807) is 6.92 Å². The maximum absolute atomic E-state index is 11.6. The van der Waals surface area contributed by atoms with E-state index in [9.17, 15) is 4.79 Å². The number of nitrogens with zero attached hydrogens (tertiary/aromatic N) is 4. The topological polar surface area (TPSA) is 49.3 Å². The van der Waals surface area contributed by atoms with Crippen LogP contribution >= 0.6 is 11.6 Å². The quantitative estimate of drug-likeness (QED) is 0.813. The van der Waals surface area contributed by atoms with Gasteiger partial charge in [-0.3, -0.25) is 9.69 Å². The fraction of sp³-hybridized carbons (Fsp3) is 0.476. The van der Waals surface area contributed by atoms with Gasteiger partial charge < -0.3 is 4.90 Å². The zero-order valence-corrected chi connectivity index (χ0v) is 16.5. The highest BCUT2D eigenvalue weighted by Gasteiger charge is 2.25. The van der Waals surface area contributed by atoms with Crippen LogP contribution in [0.25, 0.3) is 0 Å². The Morgan fingerprint density at radius 1 is 1.26 bits per heavy atom. The summed E-state index contributed by atoms with van der Waals surface area (Å²) in [5.41, 5.74) is 3.48. The van der Waals surface area contributed by atoms with Crippen molar-refractivity contribution in [1.29, 1.82) is 0 Å². The summed E-state index contributed by atoms with van der Waals surface area (Å²) in [4.78, 5) is 25.4. The van der Waals surface area contributed by atoms with Gasteiger partial charge in [0.05, 0.1) is 5.69 Å². The first-order valence-electron chi connectivity index (χ1n) is 9.65. The summed E-state index contributed by atoms with van der Waals surface area (Å²) in [5.74, 6) is 1.53. The summed E-state index contributed by atoms with van der Waals surface area (Å²) in [5, 5.41) is 0.799. The minimum absolute atomic E-state index is 0.122. The standard InChI is InChI=1S/C21H25ClN4O/c1-15(27)26-10-7-20-18(14-26)12-23-21(24-20)17-5-8-25(9-6-17)13-16-3-2-4-19(22)11-16/h2-4,11-12,17H,5-10,13-14H2,1H3. The van der Waals surface area contributed by atoms with Crippen LogP contribution in [0.3, 0.4) is 0 Å². The van der Waals surface area contributed by atoms with Gasteiger partial charge in [0.15, 0.2) is 0 Å². The average Bonchev–Trinajstić information content (AvgIpc) is 2.68. The Kier molecular flexibility index (Phi) is 5.41. The van der Waals surface area contributed by atoms with Crippen LogP contribution in [0.15, 0.2) is 30.5 Å². The van der Waals surface area contributed by atoms with Crippen LogP contribution in [0.5, 0.6) is 0 Å². The van der Waals surface area contributed by atoms with E-state index < -0.39 is 0 Å². The first-order valence-corrected chi connectivity index (χ1v) is 10.0. The predicted molar refractivity (Wildman–Crippen MR) is 106 cm³/mol. The lowest BCUT2D eigenvalue weighted by atomic mass is 9.95. The second-order valence-electron chi connectivity index (χ2n) is 7.57. The minimum atomic E-state index is 0.122. The second kappa shape index (κ2) is 7.95. The third-order valence-corrected chi connectivity index (χ3v) is 5.88. The Hall–Kier alpha value is -1.98. The molecule has 5 nitrogen and oxygen atoms in total. The largest absolute Gasteiger partial charge is 0.338 e. The van der Waals surface area contributed by atoms with Crippen molar-refractivity contribution in [3.05, 3.63) is 58.1 Å². The van der Waals surface area contributed by atoms with Gasteiger partial charge in [-0.25, -0.2) is 9.97 Å². The molecule has 0 unspecified atom stereocenters. The van der Waals surface area contributed by atoms with Crippen LogP contribution in [-0.4, -0.2) is 45.3 Å². The fourth-order valence-corrected chi connectivity index (χ4v) is 4.25. The third-order valence-electron chi connectivity index (χ3n) is 5.65. The highest BCUT2D eigenvalue weighted by molar-refractivity contribution is 6.30. The van der Waals surface area contributed by atoms with Crippen molar-refractivity contribution in [2.45, 2.75) is 45.2 Å². The van der Waals surface area contributed by atoms with Crippen molar-refractivity contribution in [3.8, 4) is 0 Å². The second-order valence-corrected chi connectivity index (χ2v) is 8.01. The summed E-state index contributed by atoms with van der Waals surface area (Å²) in [6, 6.07) is 8.11. The zero-order valence-electron chi connectivity index (χ0n) is 15.7. The van der Waals surface area contributed by atoms with Gasteiger partial charge in [-0.1, -0.05) is 23.7 Å². The van der Waals surface area contributed by atoms with E-state index in [4.69, 9.17) is 16.6 Å². The molecule has 4 rings (SSSR count). The first-order chi connectivity index (χ1) is 13.1. The van der Waals surface area contributed by atoms with Gasteiger partial charge in [-0.15, -0.1) is 0 Å². The van der Waals surface area contributed by atoms with Crippen LogP contribution in [0.4, 0.5) is 0 Å². The Morgan fingerprint density at radius 3 is 2.81 bits per heavy atom. The number of benzene rings is 1. The van der Waals surface area contributed by atoms with E-state index in [1.807, 2.05) is 29.3 Å². The lowest BCUT2D eigenvalue weighted by molar-refractivity contribution is -0.129. The monoisotopic (exact) mass is 384 g/mol. The lowest BCUT2D eigenvalue weighted by Crippen LogP contribution is -2.35. The van der Waals surface area contributed by atoms with E-state index in [2.05, 4.69) is 16.0 Å². The lowest BCUT2D eigenvalue weighted by Gasteiger charge is -2.32. The van der Waals surface area contributed by atoms with E-state index in [0.29, 0.717) is 12.5 Å². The van der Waals surface area contributed by atoms with Gasteiger partial charge in [0.25, 0.3) is 0 Å². The predicted octanol–water partition coefficient (Wildman–Crippen LogP) is 3.41. The molecule has 1 aromatic carbocycles. The van der Waals surface area contributed by atoms with Gasteiger partial charge in [0, 0.05) is 55.7 Å². The fourth-order valence-electron chi connectivity index (χ4n) is 4.04. The van der Waals surface area contributed by atoms with Gasteiger partial charge in [-0.2, -0.15) is 0 Å². The Morgan fingerprint density at radius 2 is 2.07 bits per heavy atom. The molecular weight excluding hydrogens is 360 g/mol. The van der Waals surface area contributed by atoms with Crippen molar-refractivity contribution in [1.82, 2.24) is 19.8 Å². The molecule has 0 spiro atoms. The highest BCUT2D eigenvalue weighted by Crippen LogP contribution is 2.28. The number of carbonyl (C=O) groups is 1. The van der Waals surface area contributed by atoms with Gasteiger partial charge in [-0.05, 0) is 43.6 Å². The van der Waals surface area contributed by atoms with Crippen LogP contribution in [-0.2, 0) is 24.3 Å². The van der Waals surface area contributed by atoms with Crippen molar-refractivity contribution < 1.29 is 4.79 Å². The molecule has 1 fully saturated rings. The summed E-state index contributed by atoms with van der Waals surface area (Å²) < 4.78 is 0. The average molecular weight is 385 g/mol. The number of hydrogen-bond acceptors (Lipinski definition) is 4. The van der Waals surface area contributed by atoms with Gasteiger partial charge in [0.1, 0.15) is 5.82 Å². The molecule has 0 bridgehead atoms. The molecule has 1 aromatic heterocycles. The third kappa shape index (κ3) is 4.30. The van der Waals surface area contributed by atoms with Crippen molar-refractivity contribution in [2.24, 2.45) is 0 Å². The number of halogens is 1. The summed E-state index contributed by atoms with van der Waals surface area (Å²) >= 11 is 6.09. The molecule has 1 saturated heterocycles. The summed E-state index contributed by atoms with van der Waals surface area (Å²) in [6.45, 7) is 6.07. The van der Waals surface area contributed by atoms with E-state index >= 15 is 0 Å². The molecular formula is C21H25ClN4O. The first kappa shape index (κ1) is 18.4. The summed E-state index contributed by atoms with van der Waals surface area (Å²) in [7, 11) is 0. The van der Waals surface area contributed by atoms with Crippen LogP contribution < -0.4 is 0 Å². The molecule has 3 heterocycles. The van der Waals surface area contributed by atoms with Crippen LogP contribution in [0, 0.1) is 0 Å². The van der Waals surface area contributed by atoms with Crippen LogP contribution in [0.2, 0.25) is 5.02 Å². The maximum Gasteiger partial charge on any atom is 0.219 e. The van der Waals surface area contributed by atoms with E-state index in [0.717, 1.165) is 67.5 Å². The molecule has 2 aliphatic rings. The Bertz CT molecular complexity index is 833. The molecule has 0 radical (unpaired) electrons. The van der Waals surface area contributed by atoms with Crippen molar-refractivity contribution in [3.63, 3.8) is 0 Å². The van der Waals surface area contributed by atoms with Gasteiger partial charge in [0.2, 0.25) is 5.91 Å². The maximum atomic E-state index is 11.6. The number of rotatable bonds is 3. The van der Waals surface area contributed by atoms with E-state index in [-0.39, 0.29) is 5.91 Å². The molecule has 0 aliphatic carbocycles. The Labute approximate surface area is 165 Å². The molecule has 2 aromatic rings. The molecule has 1 amide bonds. The molecule has 0 saturated carbocycles.